The van der Waals surface area contributed by atoms with E-state index in [1.165, 1.54) is 24.3 Å². The molecule has 26 heteroatoms. The van der Waals surface area contributed by atoms with E-state index in [0.29, 0.717) is 150 Å². The van der Waals surface area contributed by atoms with Crippen molar-refractivity contribution in [3.05, 3.63) is 111 Å². The van der Waals surface area contributed by atoms with Gasteiger partial charge in [0.2, 0.25) is 17.7 Å². The monoisotopic (exact) mass is 1110 g/mol. The Balaban J connectivity index is 1.23. The highest BCUT2D eigenvalue weighted by Gasteiger charge is 2.27. The van der Waals surface area contributed by atoms with Crippen LogP contribution in [0.5, 0.6) is 5.75 Å². The van der Waals surface area contributed by atoms with Crippen molar-refractivity contribution in [3.8, 4) is 5.75 Å². The number of hydrogen-bond donors (Lipinski definition) is 4. The van der Waals surface area contributed by atoms with E-state index in [2.05, 4.69) is 31.3 Å². The third-order valence-corrected chi connectivity index (χ3v) is 10.8. The number of non-ortho nitro benzene ring substituents is 1. The van der Waals surface area contributed by atoms with Gasteiger partial charge in [-0.15, -0.1) is 0 Å². The third-order valence-electron chi connectivity index (χ3n) is 10.8. The molecule has 0 saturated heterocycles. The predicted molar refractivity (Wildman–Crippen MR) is 288 cm³/mol. The predicted octanol–water partition coefficient (Wildman–Crippen LogP) is 4.72. The first-order valence-corrected chi connectivity index (χ1v) is 26.2. The SMILES string of the molecule is CNCCCC[C@H](NC(=O)[C@H](Cc1ccccc1)NC(=O)CCOCCOCCOCCOCCOCCOCCOCCOCCOCCOCCN=[N+]=[N-])C(=O)Nc1ccc(COC(=O)Oc2ccc([N+](=O)[O-])cc2)cc1. The first-order valence-electron chi connectivity index (χ1n) is 26.2. The van der Waals surface area contributed by atoms with Crippen LogP contribution in [0.1, 0.15) is 36.8 Å². The van der Waals surface area contributed by atoms with E-state index in [-0.39, 0.29) is 44.1 Å². The molecule has 0 aliphatic rings. The molecule has 3 amide bonds. The fourth-order valence-corrected chi connectivity index (χ4v) is 6.73. The van der Waals surface area contributed by atoms with E-state index in [9.17, 15) is 29.3 Å². The average molecular weight is 1120 g/mol. The number of nitro groups is 1. The topological polar surface area (TPSA) is 319 Å². The summed E-state index contributed by atoms with van der Waals surface area (Å²) >= 11 is 0. The van der Waals surface area contributed by atoms with Gasteiger partial charge in [0, 0.05) is 42.1 Å². The maximum atomic E-state index is 13.9. The van der Waals surface area contributed by atoms with Crippen molar-refractivity contribution in [1.82, 2.24) is 16.0 Å². The highest BCUT2D eigenvalue weighted by Crippen LogP contribution is 2.19. The van der Waals surface area contributed by atoms with Gasteiger partial charge in [0.25, 0.3) is 5.69 Å². The lowest BCUT2D eigenvalue weighted by Crippen LogP contribution is -2.53. The van der Waals surface area contributed by atoms with Crippen LogP contribution in [-0.4, -0.2) is 193 Å². The van der Waals surface area contributed by atoms with Crippen molar-refractivity contribution in [1.29, 1.82) is 0 Å². The van der Waals surface area contributed by atoms with Gasteiger partial charge in [-0.25, -0.2) is 4.79 Å². The maximum Gasteiger partial charge on any atom is 0.514 e. The number of nitrogens with zero attached hydrogens (tertiary/aromatic N) is 4. The molecule has 79 heavy (non-hydrogen) atoms. The zero-order chi connectivity index (χ0) is 56.6. The van der Waals surface area contributed by atoms with Gasteiger partial charge in [-0.1, -0.05) is 47.6 Å². The van der Waals surface area contributed by atoms with Crippen LogP contribution in [0.3, 0.4) is 0 Å². The Morgan fingerprint density at radius 2 is 1.08 bits per heavy atom. The van der Waals surface area contributed by atoms with Crippen LogP contribution in [0, 0.1) is 10.1 Å². The van der Waals surface area contributed by atoms with Crippen LogP contribution < -0.4 is 26.0 Å². The van der Waals surface area contributed by atoms with Crippen LogP contribution in [0.25, 0.3) is 10.4 Å². The molecule has 0 bridgehead atoms. The highest BCUT2D eigenvalue weighted by molar-refractivity contribution is 5.98. The highest BCUT2D eigenvalue weighted by atomic mass is 16.7. The Hall–Kier alpha value is -6.39. The Morgan fingerprint density at radius 1 is 0.582 bits per heavy atom. The molecule has 438 valence electrons. The Labute approximate surface area is 460 Å². The summed E-state index contributed by atoms with van der Waals surface area (Å²) < 4.78 is 65.0. The first-order chi connectivity index (χ1) is 38.7. The molecule has 0 radical (unpaired) electrons. The number of nitro benzene ring substituents is 1. The molecule has 0 spiro atoms. The lowest BCUT2D eigenvalue weighted by atomic mass is 10.0. The lowest BCUT2D eigenvalue weighted by Gasteiger charge is -2.23. The van der Waals surface area contributed by atoms with Gasteiger partial charge >= 0.3 is 6.16 Å². The van der Waals surface area contributed by atoms with Crippen molar-refractivity contribution in [3.63, 3.8) is 0 Å². The van der Waals surface area contributed by atoms with Gasteiger partial charge in [0.05, 0.1) is 137 Å². The summed E-state index contributed by atoms with van der Waals surface area (Å²) in [5.41, 5.74) is 9.87. The normalized spacial score (nSPS) is 11.8. The Kier molecular flexibility index (Phi) is 38.5. The number of carbonyl (C=O) groups excluding carboxylic acids is 4. The smallest absolute Gasteiger partial charge is 0.429 e. The fourth-order valence-electron chi connectivity index (χ4n) is 6.73. The Bertz CT molecular complexity index is 2140. The van der Waals surface area contributed by atoms with E-state index >= 15 is 0 Å². The first kappa shape index (κ1) is 66.9. The standard InChI is InChI=1S/C53H78N8O18/c1-55-19-6-5-9-48(51(63)57-45-12-10-44(11-13-45)42-78-53(65)79-47-16-14-46(15-17-47)61(66)67)59-52(64)49(41-43-7-3-2-4-8-43)58-50(62)18-21-68-23-25-70-27-29-72-31-33-74-35-37-76-39-40-77-38-36-75-34-32-73-30-28-71-26-24-69-22-20-56-60-54/h2-4,7-8,10-17,48-49,55H,5-6,9,18-42H2,1H3,(H,57,63)(H,58,62)(H,59,64)/t48-,49-/m0/s1. The van der Waals surface area contributed by atoms with Gasteiger partial charge in [-0.05, 0) is 73.8 Å². The van der Waals surface area contributed by atoms with E-state index < -0.39 is 40.9 Å². The number of benzene rings is 3. The zero-order valence-corrected chi connectivity index (χ0v) is 45.1. The zero-order valence-electron chi connectivity index (χ0n) is 45.1. The lowest BCUT2D eigenvalue weighted by molar-refractivity contribution is -0.384. The van der Waals surface area contributed by atoms with E-state index in [0.717, 1.165) is 18.5 Å². The minimum atomic E-state index is -1.00. The molecule has 0 unspecified atom stereocenters. The largest absolute Gasteiger partial charge is 0.514 e. The van der Waals surface area contributed by atoms with Crippen LogP contribution in [-0.2, 0) is 79.5 Å². The fraction of sp³-hybridized carbons (Fsp3) is 0.585. The minimum absolute atomic E-state index is 0.00897. The van der Waals surface area contributed by atoms with Gasteiger partial charge < -0.3 is 78.1 Å². The molecule has 0 heterocycles. The van der Waals surface area contributed by atoms with Crippen LogP contribution in [0.2, 0.25) is 0 Å². The number of unbranched alkanes of at least 4 members (excludes halogenated alkanes) is 1. The second kappa shape index (κ2) is 45.5. The molecule has 26 nitrogen and oxygen atoms in total. The minimum Gasteiger partial charge on any atom is -0.429 e. The molecule has 4 N–H and O–H groups in total. The second-order valence-electron chi connectivity index (χ2n) is 16.9. The summed E-state index contributed by atoms with van der Waals surface area (Å²) in [7, 11) is 1.83. The number of nitrogens with one attached hydrogen (secondary N) is 4. The van der Waals surface area contributed by atoms with Crippen molar-refractivity contribution >= 4 is 35.3 Å². The molecular formula is C53H78N8O18. The number of carbonyl (C=O) groups is 4. The number of anilines is 1. The number of rotatable bonds is 49. The molecule has 0 saturated carbocycles. The van der Waals surface area contributed by atoms with Gasteiger partial charge in [0.1, 0.15) is 24.4 Å². The molecule has 0 aliphatic heterocycles. The summed E-state index contributed by atoms with van der Waals surface area (Å²) in [5.74, 6) is -1.29. The number of amides is 3. The van der Waals surface area contributed by atoms with E-state index in [1.807, 2.05) is 37.4 Å². The number of hydrogen-bond acceptors (Lipinski definition) is 20. The number of ether oxygens (including phenoxy) is 12. The van der Waals surface area contributed by atoms with Gasteiger partial charge in [-0.2, -0.15) is 0 Å². The van der Waals surface area contributed by atoms with Crippen molar-refractivity contribution < 1.29 is 80.9 Å². The van der Waals surface area contributed by atoms with E-state index in [4.69, 9.17) is 62.4 Å². The van der Waals surface area contributed by atoms with E-state index in [1.54, 1.807) is 24.3 Å². The van der Waals surface area contributed by atoms with Crippen molar-refractivity contribution in [2.75, 3.05) is 158 Å². The summed E-state index contributed by atoms with van der Waals surface area (Å²) in [6, 6.07) is 18.8. The quantitative estimate of drug-likeness (QED) is 0.00869. The average Bonchev–Trinajstić information content (AvgIpc) is 3.45. The summed E-state index contributed by atoms with van der Waals surface area (Å²) in [6.07, 6.45) is 0.885. The molecular weight excluding hydrogens is 1040 g/mol. The molecule has 0 aliphatic carbocycles. The second-order valence-corrected chi connectivity index (χ2v) is 16.9. The number of azide groups is 1. The van der Waals surface area contributed by atoms with Gasteiger partial charge in [-0.3, -0.25) is 24.5 Å². The summed E-state index contributed by atoms with van der Waals surface area (Å²) in [6.45, 7) is 8.77. The third kappa shape index (κ3) is 35.0. The van der Waals surface area contributed by atoms with Gasteiger partial charge in [0.15, 0.2) is 0 Å². The van der Waals surface area contributed by atoms with Crippen LogP contribution >= 0.6 is 0 Å². The molecule has 3 aromatic carbocycles. The molecule has 0 fully saturated rings. The maximum absolute atomic E-state index is 13.9. The molecule has 3 aromatic rings. The molecule has 0 aromatic heterocycles. The van der Waals surface area contributed by atoms with Crippen molar-refractivity contribution in [2.45, 2.75) is 50.8 Å². The Morgan fingerprint density at radius 3 is 1.56 bits per heavy atom. The summed E-state index contributed by atoms with van der Waals surface area (Å²) in [4.78, 5) is 65.9. The molecule has 2 atom stereocenters. The van der Waals surface area contributed by atoms with Crippen LogP contribution in [0.15, 0.2) is 84.0 Å². The van der Waals surface area contributed by atoms with Crippen molar-refractivity contribution in [2.24, 2.45) is 5.11 Å². The molecule has 3 rings (SSSR count). The summed E-state index contributed by atoms with van der Waals surface area (Å²) in [5, 5.41) is 25.9. The van der Waals surface area contributed by atoms with Crippen LogP contribution in [0.4, 0.5) is 16.2 Å².